The Morgan fingerprint density at radius 3 is 2.47 bits per heavy atom. The first-order valence-corrected chi connectivity index (χ1v) is 5.09. The van der Waals surface area contributed by atoms with Gasteiger partial charge in [0.1, 0.15) is 6.10 Å². The largest absolute Gasteiger partial charge is 0.476 e. The molecule has 0 aromatic carbocycles. The van der Waals surface area contributed by atoms with Crippen LogP contribution < -0.4 is 0 Å². The average Bonchev–Trinajstić information content (AvgIpc) is 2.82. The second-order valence-corrected chi connectivity index (χ2v) is 3.90. The van der Waals surface area contributed by atoms with Crippen LogP contribution in [0.3, 0.4) is 0 Å². The van der Waals surface area contributed by atoms with Crippen LogP contribution in [0.15, 0.2) is 4.42 Å². The van der Waals surface area contributed by atoms with Crippen LogP contribution in [0.5, 0.6) is 0 Å². The minimum Gasteiger partial charge on any atom is -0.476 e. The Morgan fingerprint density at radius 2 is 2.06 bits per heavy atom. The molecule has 92 valence electrons. The molecule has 1 fully saturated rings. The number of ether oxygens (including phenoxy) is 1. The van der Waals surface area contributed by atoms with E-state index in [9.17, 15) is 9.59 Å². The normalized spacial score (nSPS) is 23.8. The van der Waals surface area contributed by atoms with Crippen molar-refractivity contribution in [2.24, 2.45) is 5.92 Å². The molecule has 0 amide bonds. The predicted molar refractivity (Wildman–Crippen MR) is 52.9 cm³/mol. The van der Waals surface area contributed by atoms with Gasteiger partial charge < -0.3 is 19.4 Å². The van der Waals surface area contributed by atoms with Gasteiger partial charge in [0.25, 0.3) is 0 Å². The number of aromatic carboxylic acids is 2. The van der Waals surface area contributed by atoms with Crippen LogP contribution >= 0.6 is 0 Å². The van der Waals surface area contributed by atoms with Gasteiger partial charge in [0.2, 0.25) is 17.3 Å². The van der Waals surface area contributed by atoms with E-state index >= 15 is 0 Å². The van der Waals surface area contributed by atoms with Crippen LogP contribution in [0, 0.1) is 5.92 Å². The summed E-state index contributed by atoms with van der Waals surface area (Å²) in [6, 6.07) is 0. The van der Waals surface area contributed by atoms with Gasteiger partial charge in [0.05, 0.1) is 0 Å². The minimum atomic E-state index is -1.45. The predicted octanol–water partition coefficient (Wildman–Crippen LogP) is 1.17. The number of hydrogen-bond donors (Lipinski definition) is 2. The molecule has 0 radical (unpaired) electrons. The van der Waals surface area contributed by atoms with E-state index in [1.807, 2.05) is 6.92 Å². The van der Waals surface area contributed by atoms with Crippen molar-refractivity contribution >= 4 is 11.9 Å². The first-order chi connectivity index (χ1) is 8.00. The lowest BCUT2D eigenvalue weighted by molar-refractivity contribution is 0.0584. The van der Waals surface area contributed by atoms with Gasteiger partial charge in [-0.05, 0) is 12.3 Å². The molecule has 0 aliphatic carbocycles. The molecule has 1 aromatic rings. The van der Waals surface area contributed by atoms with Crippen molar-refractivity contribution in [1.82, 2.24) is 4.98 Å². The number of hydrogen-bond acceptors (Lipinski definition) is 5. The highest BCUT2D eigenvalue weighted by Crippen LogP contribution is 2.34. The Balaban J connectivity index is 2.40. The van der Waals surface area contributed by atoms with Crippen LogP contribution in [0.4, 0.5) is 0 Å². The summed E-state index contributed by atoms with van der Waals surface area (Å²) in [7, 11) is 0. The Bertz CT molecular complexity index is 434. The van der Waals surface area contributed by atoms with Crippen LogP contribution in [0.2, 0.25) is 0 Å². The molecule has 7 nitrogen and oxygen atoms in total. The highest BCUT2D eigenvalue weighted by Gasteiger charge is 2.34. The Labute approximate surface area is 96.0 Å². The fourth-order valence-corrected chi connectivity index (χ4v) is 1.76. The van der Waals surface area contributed by atoms with Crippen molar-refractivity contribution in [3.8, 4) is 0 Å². The number of nitrogens with zero attached hydrogens (tertiary/aromatic N) is 1. The Morgan fingerprint density at radius 1 is 1.35 bits per heavy atom. The van der Waals surface area contributed by atoms with E-state index in [2.05, 4.69) is 4.98 Å². The van der Waals surface area contributed by atoms with Crippen molar-refractivity contribution in [1.29, 1.82) is 0 Å². The lowest BCUT2D eigenvalue weighted by Gasteiger charge is -2.08. The van der Waals surface area contributed by atoms with Gasteiger partial charge in [-0.1, -0.05) is 6.92 Å². The van der Waals surface area contributed by atoms with Gasteiger partial charge in [0, 0.05) is 6.61 Å². The van der Waals surface area contributed by atoms with Crippen molar-refractivity contribution in [2.45, 2.75) is 19.4 Å². The van der Waals surface area contributed by atoms with E-state index in [1.54, 1.807) is 0 Å². The maximum Gasteiger partial charge on any atom is 0.374 e. The zero-order valence-electron chi connectivity index (χ0n) is 9.04. The first-order valence-electron chi connectivity index (χ1n) is 5.09. The summed E-state index contributed by atoms with van der Waals surface area (Å²) < 4.78 is 10.3. The van der Waals surface area contributed by atoms with Crippen LogP contribution in [-0.4, -0.2) is 33.7 Å². The van der Waals surface area contributed by atoms with Crippen molar-refractivity contribution in [2.75, 3.05) is 6.61 Å². The molecule has 1 aromatic heterocycles. The molecule has 2 atom stereocenters. The SMILES string of the molecule is CC1CCOC1c1nc(C(=O)O)c(C(=O)O)o1. The number of carboxylic acids is 2. The summed E-state index contributed by atoms with van der Waals surface area (Å²) >= 11 is 0. The minimum absolute atomic E-state index is 0.0183. The third-order valence-corrected chi connectivity index (χ3v) is 2.67. The summed E-state index contributed by atoms with van der Waals surface area (Å²) in [5, 5.41) is 17.6. The van der Waals surface area contributed by atoms with Crippen molar-refractivity contribution < 1.29 is 29.0 Å². The van der Waals surface area contributed by atoms with E-state index in [0.29, 0.717) is 6.61 Å². The summed E-state index contributed by atoms with van der Waals surface area (Å²) in [6.45, 7) is 2.43. The first kappa shape index (κ1) is 11.6. The van der Waals surface area contributed by atoms with Gasteiger partial charge in [-0.25, -0.2) is 14.6 Å². The Hall–Kier alpha value is -1.89. The number of aromatic nitrogens is 1. The topological polar surface area (TPSA) is 110 Å². The van der Waals surface area contributed by atoms with Gasteiger partial charge >= 0.3 is 11.9 Å². The summed E-state index contributed by atoms with van der Waals surface area (Å²) in [5.41, 5.74) is -0.588. The number of carboxylic acid groups (broad SMARTS) is 2. The highest BCUT2D eigenvalue weighted by atomic mass is 16.5. The molecule has 2 rings (SSSR count). The number of carbonyl (C=O) groups is 2. The molecule has 2 heterocycles. The fraction of sp³-hybridized carbons (Fsp3) is 0.500. The molecule has 1 aliphatic heterocycles. The fourth-order valence-electron chi connectivity index (χ4n) is 1.76. The van der Waals surface area contributed by atoms with Gasteiger partial charge in [-0.3, -0.25) is 0 Å². The third kappa shape index (κ3) is 2.01. The van der Waals surface area contributed by atoms with Crippen LogP contribution in [-0.2, 0) is 4.74 Å². The van der Waals surface area contributed by atoms with E-state index in [4.69, 9.17) is 19.4 Å². The maximum atomic E-state index is 10.8. The van der Waals surface area contributed by atoms with E-state index in [0.717, 1.165) is 6.42 Å². The molecule has 0 saturated carbocycles. The summed E-state index contributed by atoms with van der Waals surface area (Å²) in [6.07, 6.45) is 0.332. The molecule has 0 bridgehead atoms. The molecule has 1 aliphatic rings. The van der Waals surface area contributed by atoms with E-state index < -0.39 is 29.5 Å². The second-order valence-electron chi connectivity index (χ2n) is 3.90. The zero-order valence-corrected chi connectivity index (χ0v) is 9.04. The lowest BCUT2D eigenvalue weighted by atomic mass is 10.0. The molecular formula is C10H11NO6. The van der Waals surface area contributed by atoms with E-state index in [1.165, 1.54) is 0 Å². The molecule has 17 heavy (non-hydrogen) atoms. The second kappa shape index (κ2) is 4.17. The van der Waals surface area contributed by atoms with Gasteiger partial charge in [-0.15, -0.1) is 0 Å². The smallest absolute Gasteiger partial charge is 0.374 e. The Kier molecular flexibility index (Phi) is 2.84. The average molecular weight is 241 g/mol. The lowest BCUT2D eigenvalue weighted by Crippen LogP contribution is -2.06. The van der Waals surface area contributed by atoms with Gasteiger partial charge in [0.15, 0.2) is 0 Å². The molecule has 2 N–H and O–H groups in total. The molecule has 2 unspecified atom stereocenters. The van der Waals surface area contributed by atoms with Crippen molar-refractivity contribution in [3.63, 3.8) is 0 Å². The summed E-state index contributed by atoms with van der Waals surface area (Å²) in [4.78, 5) is 25.3. The molecular weight excluding hydrogens is 230 g/mol. The number of rotatable bonds is 3. The van der Waals surface area contributed by atoms with E-state index in [-0.39, 0.29) is 11.8 Å². The van der Waals surface area contributed by atoms with Crippen LogP contribution in [0.1, 0.15) is 46.4 Å². The van der Waals surface area contributed by atoms with Gasteiger partial charge in [-0.2, -0.15) is 0 Å². The third-order valence-electron chi connectivity index (χ3n) is 2.67. The highest BCUT2D eigenvalue weighted by molar-refractivity contribution is 5.98. The van der Waals surface area contributed by atoms with Crippen molar-refractivity contribution in [3.05, 3.63) is 17.3 Å². The summed E-state index contributed by atoms with van der Waals surface area (Å²) in [5.74, 6) is -3.40. The zero-order chi connectivity index (χ0) is 12.6. The quantitative estimate of drug-likeness (QED) is 0.817. The maximum absolute atomic E-state index is 10.8. The molecule has 0 spiro atoms. The standard InChI is InChI=1S/C10H11NO6/c1-4-2-3-16-6(4)8-11-5(9(12)13)7(17-8)10(14)15/h4,6H,2-3H2,1H3,(H,12,13)(H,14,15). The number of oxazole rings is 1. The molecule has 7 heteroatoms. The van der Waals surface area contributed by atoms with Crippen LogP contribution in [0.25, 0.3) is 0 Å². The molecule has 1 saturated heterocycles. The monoisotopic (exact) mass is 241 g/mol.